The Kier molecular flexibility index (Phi) is 4.00. The molecule has 3 heteroatoms. The van der Waals surface area contributed by atoms with Crippen LogP contribution in [-0.2, 0) is 6.54 Å². The number of halogens is 1. The van der Waals surface area contributed by atoms with Crippen LogP contribution in [0.25, 0.3) is 0 Å². The molecule has 2 nitrogen and oxygen atoms in total. The van der Waals surface area contributed by atoms with Crippen molar-refractivity contribution >= 4 is 5.69 Å². The van der Waals surface area contributed by atoms with Crippen molar-refractivity contribution < 1.29 is 4.39 Å². The van der Waals surface area contributed by atoms with Crippen LogP contribution in [0.15, 0.2) is 18.2 Å². The molecule has 1 unspecified atom stereocenters. The molecule has 1 aromatic carbocycles. The van der Waals surface area contributed by atoms with Crippen molar-refractivity contribution in [3.8, 4) is 0 Å². The zero-order valence-electron chi connectivity index (χ0n) is 10.7. The van der Waals surface area contributed by atoms with Gasteiger partial charge in [-0.1, -0.05) is 13.8 Å². The molecule has 1 atom stereocenters. The topological polar surface area (TPSA) is 15.3 Å². The van der Waals surface area contributed by atoms with Crippen LogP contribution in [0.3, 0.4) is 0 Å². The third kappa shape index (κ3) is 3.19. The van der Waals surface area contributed by atoms with Gasteiger partial charge in [0.05, 0.1) is 0 Å². The van der Waals surface area contributed by atoms with Gasteiger partial charge in [-0.05, 0) is 42.6 Å². The smallest absolute Gasteiger partial charge is 0.125 e. The molecule has 1 N–H and O–H groups in total. The van der Waals surface area contributed by atoms with Gasteiger partial charge >= 0.3 is 0 Å². The summed E-state index contributed by atoms with van der Waals surface area (Å²) in [5.41, 5.74) is 2.06. The van der Waals surface area contributed by atoms with Crippen LogP contribution in [0.4, 0.5) is 10.1 Å². The van der Waals surface area contributed by atoms with Crippen molar-refractivity contribution in [2.45, 2.75) is 26.8 Å². The number of nitrogens with one attached hydrogen (secondary N) is 1. The Balaban J connectivity index is 2.13. The van der Waals surface area contributed by atoms with Gasteiger partial charge in [0.1, 0.15) is 5.82 Å². The molecule has 17 heavy (non-hydrogen) atoms. The van der Waals surface area contributed by atoms with Crippen molar-refractivity contribution in [3.63, 3.8) is 0 Å². The van der Waals surface area contributed by atoms with E-state index in [4.69, 9.17) is 0 Å². The highest BCUT2D eigenvalue weighted by Gasteiger charge is 2.19. The third-order valence-corrected chi connectivity index (χ3v) is 3.31. The summed E-state index contributed by atoms with van der Waals surface area (Å²) in [6, 6.07) is 5.36. The van der Waals surface area contributed by atoms with E-state index in [1.165, 1.54) is 6.42 Å². The largest absolute Gasteiger partial charge is 0.371 e. The second-order valence-electron chi connectivity index (χ2n) is 4.94. The zero-order valence-corrected chi connectivity index (χ0v) is 10.7. The van der Waals surface area contributed by atoms with E-state index in [0.717, 1.165) is 43.3 Å². The first-order valence-corrected chi connectivity index (χ1v) is 6.44. The van der Waals surface area contributed by atoms with E-state index in [9.17, 15) is 4.39 Å². The minimum Gasteiger partial charge on any atom is -0.371 e. The van der Waals surface area contributed by atoms with E-state index in [-0.39, 0.29) is 5.82 Å². The first-order valence-electron chi connectivity index (χ1n) is 6.44. The second-order valence-corrected chi connectivity index (χ2v) is 4.94. The van der Waals surface area contributed by atoms with Crippen LogP contribution in [0.1, 0.15) is 25.8 Å². The van der Waals surface area contributed by atoms with Crippen LogP contribution < -0.4 is 10.2 Å². The van der Waals surface area contributed by atoms with Crippen molar-refractivity contribution in [2.24, 2.45) is 5.92 Å². The predicted octanol–water partition coefficient (Wildman–Crippen LogP) is 2.78. The van der Waals surface area contributed by atoms with Gasteiger partial charge in [-0.15, -0.1) is 0 Å². The Morgan fingerprint density at radius 1 is 1.41 bits per heavy atom. The molecule has 0 bridgehead atoms. The van der Waals surface area contributed by atoms with Gasteiger partial charge in [0, 0.05) is 25.3 Å². The van der Waals surface area contributed by atoms with Crippen LogP contribution in [0.5, 0.6) is 0 Å². The lowest BCUT2D eigenvalue weighted by Crippen LogP contribution is -2.20. The van der Waals surface area contributed by atoms with Crippen molar-refractivity contribution in [3.05, 3.63) is 29.6 Å². The molecule has 1 aromatic rings. The fraction of sp³-hybridized carbons (Fsp3) is 0.571. The van der Waals surface area contributed by atoms with Crippen LogP contribution in [0, 0.1) is 11.7 Å². The number of benzene rings is 1. The molecule has 94 valence electrons. The van der Waals surface area contributed by atoms with Crippen molar-refractivity contribution in [2.75, 3.05) is 24.5 Å². The van der Waals surface area contributed by atoms with E-state index >= 15 is 0 Å². The average molecular weight is 236 g/mol. The van der Waals surface area contributed by atoms with E-state index < -0.39 is 0 Å². The van der Waals surface area contributed by atoms with Crippen LogP contribution in [0.2, 0.25) is 0 Å². The summed E-state index contributed by atoms with van der Waals surface area (Å²) in [6.07, 6.45) is 1.21. The van der Waals surface area contributed by atoms with Gasteiger partial charge in [0.15, 0.2) is 0 Å². The van der Waals surface area contributed by atoms with Gasteiger partial charge in [-0.25, -0.2) is 4.39 Å². The normalized spacial score (nSPS) is 19.9. The molecule has 0 spiro atoms. The quantitative estimate of drug-likeness (QED) is 0.864. The number of anilines is 1. The van der Waals surface area contributed by atoms with Crippen LogP contribution >= 0.6 is 0 Å². The Hall–Kier alpha value is -1.09. The molecule has 0 aliphatic carbocycles. The highest BCUT2D eigenvalue weighted by atomic mass is 19.1. The van der Waals surface area contributed by atoms with Gasteiger partial charge in [0.2, 0.25) is 0 Å². The Labute approximate surface area is 103 Å². The van der Waals surface area contributed by atoms with Gasteiger partial charge in [0.25, 0.3) is 0 Å². The number of nitrogens with zero attached hydrogens (tertiary/aromatic N) is 1. The summed E-state index contributed by atoms with van der Waals surface area (Å²) in [7, 11) is 0. The zero-order chi connectivity index (χ0) is 12.3. The van der Waals surface area contributed by atoms with E-state index in [1.54, 1.807) is 12.1 Å². The molecular weight excluding hydrogens is 215 g/mol. The fourth-order valence-electron chi connectivity index (χ4n) is 2.36. The lowest BCUT2D eigenvalue weighted by Gasteiger charge is -2.19. The second kappa shape index (κ2) is 5.50. The maximum Gasteiger partial charge on any atom is 0.125 e. The van der Waals surface area contributed by atoms with Crippen molar-refractivity contribution in [1.82, 2.24) is 5.32 Å². The standard InChI is InChI=1S/C14H21FN2/c1-3-16-9-12-6-13(15)8-14(7-12)17-5-4-11(2)10-17/h6-8,11,16H,3-5,9-10H2,1-2H3. The molecule has 0 aromatic heterocycles. The molecule has 1 heterocycles. The highest BCUT2D eigenvalue weighted by Crippen LogP contribution is 2.25. The monoisotopic (exact) mass is 236 g/mol. The van der Waals surface area contributed by atoms with Crippen LogP contribution in [-0.4, -0.2) is 19.6 Å². The first kappa shape index (κ1) is 12.4. The maximum absolute atomic E-state index is 13.6. The van der Waals surface area contributed by atoms with E-state index in [2.05, 4.69) is 30.1 Å². The molecule has 0 radical (unpaired) electrons. The van der Waals surface area contributed by atoms with Gasteiger partial charge in [-0.2, -0.15) is 0 Å². The molecule has 0 amide bonds. The Morgan fingerprint density at radius 2 is 2.24 bits per heavy atom. The summed E-state index contributed by atoms with van der Waals surface area (Å²) in [4.78, 5) is 2.28. The lowest BCUT2D eigenvalue weighted by atomic mass is 10.1. The summed E-state index contributed by atoms with van der Waals surface area (Å²) in [6.45, 7) is 8.05. The van der Waals surface area contributed by atoms with Crippen molar-refractivity contribution in [1.29, 1.82) is 0 Å². The number of hydrogen-bond acceptors (Lipinski definition) is 2. The molecule has 1 aliphatic heterocycles. The Bertz CT molecular complexity index is 378. The molecule has 0 saturated carbocycles. The summed E-state index contributed by atoms with van der Waals surface area (Å²) in [5, 5.41) is 3.23. The minimum atomic E-state index is -0.130. The molecule has 2 rings (SSSR count). The summed E-state index contributed by atoms with van der Waals surface area (Å²) >= 11 is 0. The maximum atomic E-state index is 13.6. The molecule has 1 aliphatic rings. The fourth-order valence-corrected chi connectivity index (χ4v) is 2.36. The van der Waals surface area contributed by atoms with Gasteiger partial charge < -0.3 is 10.2 Å². The predicted molar refractivity (Wildman–Crippen MR) is 69.8 cm³/mol. The lowest BCUT2D eigenvalue weighted by molar-refractivity contribution is 0.620. The highest BCUT2D eigenvalue weighted by molar-refractivity contribution is 5.50. The molecule has 1 saturated heterocycles. The van der Waals surface area contributed by atoms with Gasteiger partial charge in [-0.3, -0.25) is 0 Å². The summed E-state index contributed by atoms with van der Waals surface area (Å²) < 4.78 is 13.6. The average Bonchev–Trinajstić information content (AvgIpc) is 2.72. The molecule has 1 fully saturated rings. The third-order valence-electron chi connectivity index (χ3n) is 3.31. The summed E-state index contributed by atoms with van der Waals surface area (Å²) in [5.74, 6) is 0.588. The molecular formula is C14H21FN2. The number of hydrogen-bond donors (Lipinski definition) is 1. The number of rotatable bonds is 4. The minimum absolute atomic E-state index is 0.130. The Morgan fingerprint density at radius 3 is 2.88 bits per heavy atom. The first-order chi connectivity index (χ1) is 8.19. The van der Waals surface area contributed by atoms with E-state index in [0.29, 0.717) is 0 Å². The SMILES string of the molecule is CCNCc1cc(F)cc(N2CCC(C)C2)c1. The van der Waals surface area contributed by atoms with E-state index in [1.807, 2.05) is 0 Å².